The van der Waals surface area contributed by atoms with Crippen LogP contribution in [0, 0.1) is 5.82 Å². The van der Waals surface area contributed by atoms with Gasteiger partial charge in [0.25, 0.3) is 15.9 Å². The largest absolute Gasteiger partial charge is 0.334 e. The number of nitrogens with one attached hydrogen (secondary N) is 1. The third-order valence-corrected chi connectivity index (χ3v) is 6.36. The maximum atomic E-state index is 13.0. The van der Waals surface area contributed by atoms with Crippen molar-refractivity contribution < 1.29 is 17.6 Å². The van der Waals surface area contributed by atoms with Crippen molar-refractivity contribution in [1.82, 2.24) is 4.90 Å². The number of halogens is 1. The first-order valence-corrected chi connectivity index (χ1v) is 11.0. The molecule has 0 spiro atoms. The van der Waals surface area contributed by atoms with Gasteiger partial charge in [-0.2, -0.15) is 0 Å². The smallest absolute Gasteiger partial charge is 0.261 e. The standard InChI is InChI=1S/C20H19FN2O3S2/c1-2-23(14-18-4-3-13-27-18)20(24)15-5-11-19(12-6-15)28(25,26)22-17-9-7-16(21)8-10-17/h3-13,22H,2,14H2,1H3. The minimum absolute atomic E-state index is 0.0229. The summed E-state index contributed by atoms with van der Waals surface area (Å²) in [5, 5.41) is 1.96. The molecule has 2 aromatic carbocycles. The van der Waals surface area contributed by atoms with E-state index in [4.69, 9.17) is 0 Å². The normalized spacial score (nSPS) is 11.2. The summed E-state index contributed by atoms with van der Waals surface area (Å²) < 4.78 is 40.3. The van der Waals surface area contributed by atoms with Gasteiger partial charge in [0.2, 0.25) is 0 Å². The van der Waals surface area contributed by atoms with Crippen molar-refractivity contribution >= 4 is 33.0 Å². The Bertz CT molecular complexity index is 1030. The summed E-state index contributed by atoms with van der Waals surface area (Å²) in [5.74, 6) is -0.611. The summed E-state index contributed by atoms with van der Waals surface area (Å²) in [5.41, 5.74) is 0.675. The van der Waals surface area contributed by atoms with Gasteiger partial charge in [-0.15, -0.1) is 11.3 Å². The minimum Gasteiger partial charge on any atom is -0.334 e. The van der Waals surface area contributed by atoms with Gasteiger partial charge >= 0.3 is 0 Å². The molecule has 0 fully saturated rings. The van der Waals surface area contributed by atoms with Crippen molar-refractivity contribution in [3.8, 4) is 0 Å². The quantitative estimate of drug-likeness (QED) is 0.620. The Balaban J connectivity index is 1.74. The van der Waals surface area contributed by atoms with E-state index in [0.29, 0.717) is 18.7 Å². The van der Waals surface area contributed by atoms with E-state index in [9.17, 15) is 17.6 Å². The van der Waals surface area contributed by atoms with Gasteiger partial charge in [-0.05, 0) is 66.9 Å². The number of hydrogen-bond acceptors (Lipinski definition) is 4. The van der Waals surface area contributed by atoms with Crippen LogP contribution >= 0.6 is 11.3 Å². The lowest BCUT2D eigenvalue weighted by molar-refractivity contribution is 0.0754. The third kappa shape index (κ3) is 4.76. The molecule has 3 rings (SSSR count). The van der Waals surface area contributed by atoms with Crippen molar-refractivity contribution in [1.29, 1.82) is 0 Å². The maximum Gasteiger partial charge on any atom is 0.261 e. The van der Waals surface area contributed by atoms with Crippen LogP contribution in [-0.2, 0) is 16.6 Å². The molecule has 0 unspecified atom stereocenters. The first-order chi connectivity index (χ1) is 13.4. The fraction of sp³-hybridized carbons (Fsp3) is 0.150. The lowest BCUT2D eigenvalue weighted by Crippen LogP contribution is -2.30. The van der Waals surface area contributed by atoms with Crippen LogP contribution in [0.4, 0.5) is 10.1 Å². The van der Waals surface area contributed by atoms with Crippen LogP contribution in [0.1, 0.15) is 22.2 Å². The number of hydrogen-bond donors (Lipinski definition) is 1. The second kappa shape index (κ2) is 8.53. The van der Waals surface area contributed by atoms with Crippen LogP contribution in [0.5, 0.6) is 0 Å². The molecule has 0 saturated carbocycles. The number of carbonyl (C=O) groups excluding carboxylic acids is 1. The van der Waals surface area contributed by atoms with E-state index in [1.165, 1.54) is 48.5 Å². The van der Waals surface area contributed by atoms with E-state index in [1.54, 1.807) is 16.2 Å². The number of sulfonamides is 1. The highest BCUT2D eigenvalue weighted by molar-refractivity contribution is 7.92. The van der Waals surface area contributed by atoms with E-state index in [-0.39, 0.29) is 16.5 Å². The first-order valence-electron chi connectivity index (χ1n) is 8.59. The highest BCUT2D eigenvalue weighted by Gasteiger charge is 2.18. The van der Waals surface area contributed by atoms with Crippen LogP contribution in [0.2, 0.25) is 0 Å². The molecule has 28 heavy (non-hydrogen) atoms. The van der Waals surface area contributed by atoms with Gasteiger partial charge in [-0.3, -0.25) is 9.52 Å². The topological polar surface area (TPSA) is 66.5 Å². The number of thiophene rings is 1. The van der Waals surface area contributed by atoms with E-state index in [1.807, 2.05) is 24.4 Å². The molecular weight excluding hydrogens is 399 g/mol. The SMILES string of the molecule is CCN(Cc1cccs1)C(=O)c1ccc(S(=O)(=O)Nc2ccc(F)cc2)cc1. The van der Waals surface area contributed by atoms with Crippen LogP contribution in [0.15, 0.2) is 70.9 Å². The number of carbonyl (C=O) groups is 1. The minimum atomic E-state index is -3.83. The molecule has 0 saturated heterocycles. The summed E-state index contributed by atoms with van der Waals surface area (Å²) in [6.45, 7) is 2.96. The molecule has 0 aliphatic heterocycles. The summed E-state index contributed by atoms with van der Waals surface area (Å²) in [6, 6.07) is 14.7. The van der Waals surface area contributed by atoms with Gasteiger partial charge in [-0.1, -0.05) is 6.07 Å². The lowest BCUT2D eigenvalue weighted by Gasteiger charge is -2.20. The zero-order valence-corrected chi connectivity index (χ0v) is 16.8. The predicted molar refractivity (Wildman–Crippen MR) is 108 cm³/mol. The Morgan fingerprint density at radius 3 is 2.32 bits per heavy atom. The summed E-state index contributed by atoms with van der Waals surface area (Å²) in [6.07, 6.45) is 0. The molecular formula is C20H19FN2O3S2. The highest BCUT2D eigenvalue weighted by Crippen LogP contribution is 2.19. The Hall–Kier alpha value is -2.71. The van der Waals surface area contributed by atoms with Gasteiger partial charge in [0, 0.05) is 22.7 Å². The summed E-state index contributed by atoms with van der Waals surface area (Å²) in [7, 11) is -3.83. The second-order valence-electron chi connectivity index (χ2n) is 6.04. The fourth-order valence-corrected chi connectivity index (χ4v) is 4.39. The Morgan fingerprint density at radius 2 is 1.75 bits per heavy atom. The summed E-state index contributed by atoms with van der Waals surface area (Å²) >= 11 is 1.58. The Labute approximate surface area is 167 Å². The molecule has 146 valence electrons. The molecule has 5 nitrogen and oxygen atoms in total. The van der Waals surface area contributed by atoms with Crippen molar-refractivity contribution in [2.45, 2.75) is 18.4 Å². The molecule has 0 bridgehead atoms. The van der Waals surface area contributed by atoms with Crippen molar-refractivity contribution in [3.05, 3.63) is 82.3 Å². The van der Waals surface area contributed by atoms with Gasteiger partial charge < -0.3 is 4.90 Å². The molecule has 0 atom stereocenters. The molecule has 0 aliphatic rings. The zero-order chi connectivity index (χ0) is 20.1. The van der Waals surface area contributed by atoms with Crippen molar-refractivity contribution in [2.24, 2.45) is 0 Å². The predicted octanol–water partition coefficient (Wildman–Crippen LogP) is 4.35. The Kier molecular flexibility index (Phi) is 6.11. The number of amides is 1. The summed E-state index contributed by atoms with van der Waals surface area (Å²) in [4.78, 5) is 15.5. The van der Waals surface area contributed by atoms with Gasteiger partial charge in [0.1, 0.15) is 5.82 Å². The molecule has 1 aromatic heterocycles. The van der Waals surface area contributed by atoms with Crippen molar-refractivity contribution in [2.75, 3.05) is 11.3 Å². The van der Waals surface area contributed by atoms with Crippen LogP contribution in [0.25, 0.3) is 0 Å². The van der Waals surface area contributed by atoms with Crippen LogP contribution in [-0.4, -0.2) is 25.8 Å². The van der Waals surface area contributed by atoms with E-state index >= 15 is 0 Å². The molecule has 1 amide bonds. The first kappa shape index (κ1) is 20.0. The monoisotopic (exact) mass is 418 g/mol. The number of rotatable bonds is 7. The highest BCUT2D eigenvalue weighted by atomic mass is 32.2. The molecule has 8 heteroatoms. The lowest BCUT2D eigenvalue weighted by atomic mass is 10.2. The Morgan fingerprint density at radius 1 is 1.07 bits per heavy atom. The number of anilines is 1. The van der Waals surface area contributed by atoms with Gasteiger partial charge in [0.05, 0.1) is 11.4 Å². The van der Waals surface area contributed by atoms with Gasteiger partial charge in [0.15, 0.2) is 0 Å². The van der Waals surface area contributed by atoms with E-state index < -0.39 is 15.8 Å². The average Bonchev–Trinajstić information content (AvgIpc) is 3.20. The zero-order valence-electron chi connectivity index (χ0n) is 15.1. The van der Waals surface area contributed by atoms with Crippen LogP contribution < -0.4 is 4.72 Å². The van der Waals surface area contributed by atoms with Crippen molar-refractivity contribution in [3.63, 3.8) is 0 Å². The molecule has 1 N–H and O–H groups in total. The molecule has 0 radical (unpaired) electrons. The number of benzene rings is 2. The number of nitrogens with zero attached hydrogens (tertiary/aromatic N) is 1. The van der Waals surface area contributed by atoms with Crippen LogP contribution in [0.3, 0.4) is 0 Å². The second-order valence-corrected chi connectivity index (χ2v) is 8.75. The van der Waals surface area contributed by atoms with Gasteiger partial charge in [-0.25, -0.2) is 12.8 Å². The molecule has 0 aliphatic carbocycles. The van der Waals surface area contributed by atoms with E-state index in [2.05, 4.69) is 4.72 Å². The third-order valence-electron chi connectivity index (χ3n) is 4.10. The average molecular weight is 419 g/mol. The van der Waals surface area contributed by atoms with E-state index in [0.717, 1.165) is 4.88 Å². The maximum absolute atomic E-state index is 13.0. The molecule has 3 aromatic rings. The fourth-order valence-electron chi connectivity index (χ4n) is 2.61. The molecule has 1 heterocycles.